The summed E-state index contributed by atoms with van der Waals surface area (Å²) in [4.78, 5) is 2.55. The Balaban J connectivity index is 2.71. The zero-order valence-corrected chi connectivity index (χ0v) is 11.4. The van der Waals surface area contributed by atoms with Crippen molar-refractivity contribution in [3.8, 4) is 0 Å². The average Bonchev–Trinajstić information content (AvgIpc) is 2.14. The molecule has 0 unspecified atom stereocenters. The van der Waals surface area contributed by atoms with Crippen LogP contribution in [0.2, 0.25) is 0 Å². The Kier molecular flexibility index (Phi) is 4.23. The quantitative estimate of drug-likeness (QED) is 0.499. The smallest absolute Gasteiger partial charge is 0.0346 e. The van der Waals surface area contributed by atoms with E-state index < -0.39 is 0 Å². The molecule has 0 aromatic heterocycles. The number of unbranched alkanes of at least 4 members (excludes halogenated alkanes) is 1. The number of allylic oxidation sites excluding steroid dienone is 2. The molecule has 92 valence electrons. The molecular formula is C15H27N. The molecule has 16 heavy (non-hydrogen) atoms. The third kappa shape index (κ3) is 3.13. The molecular weight excluding hydrogens is 194 g/mol. The normalized spacial score (nSPS) is 23.6. The van der Waals surface area contributed by atoms with Crippen LogP contribution in [0.3, 0.4) is 0 Å². The van der Waals surface area contributed by atoms with Crippen molar-refractivity contribution in [2.75, 3.05) is 0 Å². The average molecular weight is 221 g/mol. The number of rotatable bonds is 4. The van der Waals surface area contributed by atoms with E-state index in [1.54, 1.807) is 0 Å². The zero-order valence-electron chi connectivity index (χ0n) is 11.4. The first kappa shape index (κ1) is 13.3. The number of piperidine rings is 1. The second kappa shape index (κ2) is 5.07. The van der Waals surface area contributed by atoms with Gasteiger partial charge in [-0.25, -0.2) is 0 Å². The van der Waals surface area contributed by atoms with Gasteiger partial charge >= 0.3 is 0 Å². The van der Waals surface area contributed by atoms with E-state index >= 15 is 0 Å². The number of hydrogen-bond donors (Lipinski definition) is 0. The predicted octanol–water partition coefficient (Wildman–Crippen LogP) is 4.51. The molecule has 0 bridgehead atoms. The summed E-state index contributed by atoms with van der Waals surface area (Å²) in [5, 5.41) is 0. The van der Waals surface area contributed by atoms with E-state index in [0.717, 1.165) is 12.8 Å². The Labute approximate surface area is 101 Å². The molecule has 1 nitrogen and oxygen atoms in total. The third-order valence-electron chi connectivity index (χ3n) is 3.67. The van der Waals surface area contributed by atoms with Crippen LogP contribution < -0.4 is 0 Å². The van der Waals surface area contributed by atoms with Crippen molar-refractivity contribution in [1.29, 1.82) is 0 Å². The molecule has 1 rings (SSSR count). The Morgan fingerprint density at radius 2 is 1.62 bits per heavy atom. The highest BCUT2D eigenvalue weighted by Gasteiger charge is 2.38. The molecule has 0 N–H and O–H groups in total. The minimum atomic E-state index is 0.298. The van der Waals surface area contributed by atoms with Gasteiger partial charge in [-0.15, -0.1) is 6.58 Å². The molecule has 1 aliphatic heterocycles. The van der Waals surface area contributed by atoms with Crippen LogP contribution in [-0.2, 0) is 0 Å². The highest BCUT2D eigenvalue weighted by atomic mass is 15.2. The van der Waals surface area contributed by atoms with Crippen LogP contribution in [0.15, 0.2) is 24.9 Å². The summed E-state index contributed by atoms with van der Waals surface area (Å²) < 4.78 is 0. The largest absolute Gasteiger partial charge is 0.368 e. The summed E-state index contributed by atoms with van der Waals surface area (Å²) >= 11 is 0. The second-order valence-corrected chi connectivity index (χ2v) is 6.10. The van der Waals surface area contributed by atoms with Gasteiger partial charge in [0.25, 0.3) is 0 Å². The lowest BCUT2D eigenvalue weighted by Crippen LogP contribution is -2.55. The van der Waals surface area contributed by atoms with Gasteiger partial charge in [0, 0.05) is 11.1 Å². The van der Waals surface area contributed by atoms with Crippen LogP contribution in [0.1, 0.15) is 59.8 Å². The van der Waals surface area contributed by atoms with Crippen molar-refractivity contribution in [3.05, 3.63) is 24.9 Å². The van der Waals surface area contributed by atoms with Crippen LogP contribution in [0, 0.1) is 0 Å². The number of nitrogens with zero attached hydrogens (tertiary/aromatic N) is 1. The highest BCUT2D eigenvalue weighted by molar-refractivity contribution is 5.03. The Morgan fingerprint density at radius 1 is 1.06 bits per heavy atom. The molecule has 1 heteroatoms. The first-order valence-electron chi connectivity index (χ1n) is 6.47. The van der Waals surface area contributed by atoms with Crippen molar-refractivity contribution in [2.45, 2.75) is 70.9 Å². The first-order chi connectivity index (χ1) is 7.40. The van der Waals surface area contributed by atoms with E-state index in [-0.39, 0.29) is 0 Å². The third-order valence-corrected chi connectivity index (χ3v) is 3.67. The van der Waals surface area contributed by atoms with Gasteiger partial charge in [-0.3, -0.25) is 0 Å². The SMILES string of the molecule is C=CCC/C=C/N1C(C)(C)CCCC1(C)C. The molecule has 1 fully saturated rings. The molecule has 1 heterocycles. The van der Waals surface area contributed by atoms with Crippen molar-refractivity contribution < 1.29 is 0 Å². The van der Waals surface area contributed by atoms with Crippen molar-refractivity contribution in [1.82, 2.24) is 4.90 Å². The molecule has 1 saturated heterocycles. The lowest BCUT2D eigenvalue weighted by Gasteiger charge is -2.52. The van der Waals surface area contributed by atoms with E-state index in [4.69, 9.17) is 0 Å². The van der Waals surface area contributed by atoms with Crippen LogP contribution >= 0.6 is 0 Å². The Morgan fingerprint density at radius 3 is 2.12 bits per heavy atom. The van der Waals surface area contributed by atoms with Gasteiger partial charge in [0.05, 0.1) is 0 Å². The molecule has 0 amide bonds. The molecule has 1 aliphatic rings. The van der Waals surface area contributed by atoms with Crippen LogP contribution in [0.5, 0.6) is 0 Å². The zero-order chi connectivity index (χ0) is 12.2. The molecule has 0 atom stereocenters. The Hall–Kier alpha value is -0.720. The summed E-state index contributed by atoms with van der Waals surface area (Å²) in [6.07, 6.45) is 12.7. The molecule has 0 aromatic carbocycles. The van der Waals surface area contributed by atoms with E-state index in [9.17, 15) is 0 Å². The monoisotopic (exact) mass is 221 g/mol. The molecule has 0 spiro atoms. The molecule has 0 saturated carbocycles. The van der Waals surface area contributed by atoms with E-state index in [1.165, 1.54) is 19.3 Å². The number of hydrogen-bond acceptors (Lipinski definition) is 1. The van der Waals surface area contributed by atoms with Gasteiger partial charge in [0.1, 0.15) is 0 Å². The van der Waals surface area contributed by atoms with Crippen molar-refractivity contribution in [2.24, 2.45) is 0 Å². The van der Waals surface area contributed by atoms with Gasteiger partial charge in [0.2, 0.25) is 0 Å². The first-order valence-corrected chi connectivity index (χ1v) is 6.47. The molecule has 0 aliphatic carbocycles. The molecule has 0 aromatic rings. The maximum Gasteiger partial charge on any atom is 0.0346 e. The molecule has 0 radical (unpaired) electrons. The summed E-state index contributed by atoms with van der Waals surface area (Å²) in [6, 6.07) is 0. The van der Waals surface area contributed by atoms with E-state index in [1.807, 2.05) is 6.08 Å². The lowest BCUT2D eigenvalue weighted by molar-refractivity contribution is 0.0189. The van der Waals surface area contributed by atoms with Crippen LogP contribution in [0.25, 0.3) is 0 Å². The van der Waals surface area contributed by atoms with Crippen molar-refractivity contribution >= 4 is 0 Å². The maximum absolute atomic E-state index is 3.75. The Bertz CT molecular complexity index is 245. The maximum atomic E-state index is 3.75. The summed E-state index contributed by atoms with van der Waals surface area (Å²) in [6.45, 7) is 13.2. The minimum absolute atomic E-state index is 0.298. The fourth-order valence-corrected chi connectivity index (χ4v) is 2.81. The number of likely N-dealkylation sites (tertiary alicyclic amines) is 1. The van der Waals surface area contributed by atoms with Crippen LogP contribution in [-0.4, -0.2) is 16.0 Å². The summed E-state index contributed by atoms with van der Waals surface area (Å²) in [5.41, 5.74) is 0.596. The van der Waals surface area contributed by atoms with Gasteiger partial charge in [0.15, 0.2) is 0 Å². The van der Waals surface area contributed by atoms with Gasteiger partial charge in [-0.2, -0.15) is 0 Å². The topological polar surface area (TPSA) is 3.24 Å². The minimum Gasteiger partial charge on any atom is -0.368 e. The fourth-order valence-electron chi connectivity index (χ4n) is 2.81. The van der Waals surface area contributed by atoms with E-state index in [0.29, 0.717) is 11.1 Å². The predicted molar refractivity (Wildman–Crippen MR) is 72.4 cm³/mol. The highest BCUT2D eigenvalue weighted by Crippen LogP contribution is 2.38. The van der Waals surface area contributed by atoms with Crippen LogP contribution in [0.4, 0.5) is 0 Å². The van der Waals surface area contributed by atoms with Gasteiger partial charge in [-0.1, -0.05) is 12.2 Å². The van der Waals surface area contributed by atoms with Gasteiger partial charge < -0.3 is 4.90 Å². The standard InChI is InChI=1S/C15H27N/c1-6-7-8-9-13-16-14(2,3)11-10-12-15(16,4)5/h6,9,13H,1,7-8,10-12H2,2-5H3/b13-9+. The second-order valence-electron chi connectivity index (χ2n) is 6.10. The van der Waals surface area contributed by atoms with Crippen molar-refractivity contribution in [3.63, 3.8) is 0 Å². The summed E-state index contributed by atoms with van der Waals surface area (Å²) in [7, 11) is 0. The fraction of sp³-hybridized carbons (Fsp3) is 0.733. The lowest BCUT2D eigenvalue weighted by atomic mass is 9.80. The summed E-state index contributed by atoms with van der Waals surface area (Å²) in [5.74, 6) is 0. The van der Waals surface area contributed by atoms with E-state index in [2.05, 4.69) is 51.4 Å². The van der Waals surface area contributed by atoms with Gasteiger partial charge in [-0.05, 0) is 66.0 Å².